The van der Waals surface area contributed by atoms with Gasteiger partial charge in [-0.2, -0.15) is 5.06 Å². The van der Waals surface area contributed by atoms with Crippen LogP contribution in [0, 0.1) is 17.5 Å². The quantitative estimate of drug-likeness (QED) is 0.544. The molecule has 23 heavy (non-hydrogen) atoms. The minimum absolute atomic E-state index is 0.0535. The number of benzene rings is 1. The first-order valence-corrected chi connectivity index (χ1v) is 6.75. The largest absolute Gasteiger partial charge is 0.266 e. The Hall–Kier alpha value is -2.74. The Balaban J connectivity index is 2.10. The highest BCUT2D eigenvalue weighted by atomic mass is 19.2. The van der Waals surface area contributed by atoms with Crippen LogP contribution in [0.4, 0.5) is 24.8 Å². The number of rotatable bonds is 4. The van der Waals surface area contributed by atoms with E-state index < -0.39 is 17.5 Å². The third-order valence-electron chi connectivity index (χ3n) is 2.98. The maximum absolute atomic E-state index is 13.5. The molecule has 2 heterocycles. The molecule has 3 aromatic rings. The number of hydrogen-bond donors (Lipinski definition) is 0. The van der Waals surface area contributed by atoms with E-state index in [4.69, 9.17) is 4.84 Å². The topological polar surface area (TPSA) is 51.1 Å². The van der Waals surface area contributed by atoms with E-state index in [0.29, 0.717) is 11.0 Å². The summed E-state index contributed by atoms with van der Waals surface area (Å²) in [5, 5.41) is 1.04. The van der Waals surface area contributed by atoms with Gasteiger partial charge in [0, 0.05) is 18.3 Å². The summed E-state index contributed by atoms with van der Waals surface area (Å²) in [4.78, 5) is 17.7. The second-order valence-corrected chi connectivity index (χ2v) is 4.51. The van der Waals surface area contributed by atoms with Gasteiger partial charge in [0.2, 0.25) is 0 Å². The van der Waals surface area contributed by atoms with Crippen molar-refractivity contribution in [2.45, 2.75) is 6.92 Å². The lowest BCUT2D eigenvalue weighted by atomic mass is 10.3. The molecule has 8 heteroatoms. The Morgan fingerprint density at radius 1 is 1.09 bits per heavy atom. The predicted octanol–water partition coefficient (Wildman–Crippen LogP) is 3.53. The standard InChI is InChI=1S/C15H11F3N4O/c1-2-23-22(9-6-10(16)14(18)11(17)7-9)15-20-8-13-12(21-15)4-3-5-19-13/h3-8H,2H2,1H3. The molecule has 0 aliphatic carbocycles. The van der Waals surface area contributed by atoms with Crippen LogP contribution in [0.2, 0.25) is 0 Å². The summed E-state index contributed by atoms with van der Waals surface area (Å²) >= 11 is 0. The molecular weight excluding hydrogens is 309 g/mol. The molecule has 3 rings (SSSR count). The van der Waals surface area contributed by atoms with E-state index in [1.807, 2.05) is 0 Å². The molecule has 0 amide bonds. The van der Waals surface area contributed by atoms with Gasteiger partial charge >= 0.3 is 0 Å². The molecule has 0 spiro atoms. The van der Waals surface area contributed by atoms with Gasteiger partial charge in [-0.15, -0.1) is 0 Å². The first-order chi connectivity index (χ1) is 11.1. The first kappa shape index (κ1) is 15.2. The molecule has 2 aromatic heterocycles. The molecule has 0 aliphatic heterocycles. The van der Waals surface area contributed by atoms with Crippen LogP contribution in [-0.2, 0) is 4.84 Å². The first-order valence-electron chi connectivity index (χ1n) is 6.75. The number of hydrogen-bond acceptors (Lipinski definition) is 5. The lowest BCUT2D eigenvalue weighted by molar-refractivity contribution is 0.145. The fourth-order valence-corrected chi connectivity index (χ4v) is 1.99. The van der Waals surface area contributed by atoms with Crippen molar-refractivity contribution in [3.05, 3.63) is 54.1 Å². The van der Waals surface area contributed by atoms with Crippen LogP contribution < -0.4 is 5.06 Å². The van der Waals surface area contributed by atoms with E-state index in [1.54, 1.807) is 25.3 Å². The third-order valence-corrected chi connectivity index (χ3v) is 2.98. The molecule has 0 bridgehead atoms. The monoisotopic (exact) mass is 320 g/mol. The number of aromatic nitrogens is 3. The summed E-state index contributed by atoms with van der Waals surface area (Å²) in [6.45, 7) is 1.88. The Morgan fingerprint density at radius 2 is 1.83 bits per heavy atom. The van der Waals surface area contributed by atoms with E-state index in [2.05, 4.69) is 15.0 Å². The van der Waals surface area contributed by atoms with Gasteiger partial charge in [0.25, 0.3) is 5.95 Å². The van der Waals surface area contributed by atoms with Gasteiger partial charge < -0.3 is 0 Å². The molecule has 0 fully saturated rings. The maximum Gasteiger partial charge on any atom is 0.255 e. The van der Waals surface area contributed by atoms with Crippen LogP contribution in [0.25, 0.3) is 11.0 Å². The Kier molecular flexibility index (Phi) is 4.07. The smallest absolute Gasteiger partial charge is 0.255 e. The fourth-order valence-electron chi connectivity index (χ4n) is 1.99. The summed E-state index contributed by atoms with van der Waals surface area (Å²) in [7, 11) is 0. The molecule has 0 aliphatic rings. The van der Waals surface area contributed by atoms with E-state index in [9.17, 15) is 13.2 Å². The van der Waals surface area contributed by atoms with Crippen LogP contribution in [0.5, 0.6) is 0 Å². The van der Waals surface area contributed by atoms with E-state index >= 15 is 0 Å². The highest BCUT2D eigenvalue weighted by Gasteiger charge is 2.19. The molecule has 5 nitrogen and oxygen atoms in total. The average Bonchev–Trinajstić information content (AvgIpc) is 2.56. The number of pyridine rings is 1. The van der Waals surface area contributed by atoms with E-state index in [1.165, 1.54) is 6.20 Å². The average molecular weight is 320 g/mol. The minimum Gasteiger partial charge on any atom is -0.266 e. The van der Waals surface area contributed by atoms with Gasteiger partial charge in [0.15, 0.2) is 17.5 Å². The summed E-state index contributed by atoms with van der Waals surface area (Å²) in [5.41, 5.74) is 1.03. The van der Waals surface area contributed by atoms with Crippen LogP contribution >= 0.6 is 0 Å². The summed E-state index contributed by atoms with van der Waals surface area (Å²) in [5.74, 6) is -4.15. The molecule has 0 unspecified atom stereocenters. The van der Waals surface area contributed by atoms with Crippen molar-refractivity contribution in [1.82, 2.24) is 15.0 Å². The van der Waals surface area contributed by atoms with Gasteiger partial charge in [-0.05, 0) is 19.1 Å². The van der Waals surface area contributed by atoms with E-state index in [0.717, 1.165) is 17.2 Å². The maximum atomic E-state index is 13.5. The van der Waals surface area contributed by atoms with Crippen LogP contribution in [-0.4, -0.2) is 21.6 Å². The fraction of sp³-hybridized carbons (Fsp3) is 0.133. The van der Waals surface area contributed by atoms with Crippen LogP contribution in [0.3, 0.4) is 0 Å². The van der Waals surface area contributed by atoms with Crippen molar-refractivity contribution in [2.24, 2.45) is 0 Å². The highest BCUT2D eigenvalue weighted by Crippen LogP contribution is 2.27. The van der Waals surface area contributed by atoms with Crippen LogP contribution in [0.1, 0.15) is 6.92 Å². The molecule has 1 aromatic carbocycles. The second kappa shape index (κ2) is 6.17. The lowest BCUT2D eigenvalue weighted by Crippen LogP contribution is -2.20. The Morgan fingerprint density at radius 3 is 2.52 bits per heavy atom. The van der Waals surface area contributed by atoms with Gasteiger partial charge in [-0.25, -0.2) is 23.1 Å². The predicted molar refractivity (Wildman–Crippen MR) is 77.4 cm³/mol. The van der Waals surface area contributed by atoms with Gasteiger partial charge in [0.1, 0.15) is 5.52 Å². The summed E-state index contributed by atoms with van der Waals surface area (Å²) in [6.07, 6.45) is 3.05. The SMILES string of the molecule is CCON(c1cc(F)c(F)c(F)c1)c1ncc2ncccc2n1. The van der Waals surface area contributed by atoms with Gasteiger partial charge in [-0.3, -0.25) is 9.82 Å². The molecule has 0 radical (unpaired) electrons. The van der Waals surface area contributed by atoms with Crippen molar-refractivity contribution in [1.29, 1.82) is 0 Å². The molecular formula is C15H11F3N4O. The zero-order valence-electron chi connectivity index (χ0n) is 12.0. The van der Waals surface area contributed by atoms with Crippen molar-refractivity contribution in [3.63, 3.8) is 0 Å². The van der Waals surface area contributed by atoms with Gasteiger partial charge in [-0.1, -0.05) is 0 Å². The minimum atomic E-state index is -1.55. The lowest BCUT2D eigenvalue weighted by Gasteiger charge is -2.21. The van der Waals surface area contributed by atoms with E-state index in [-0.39, 0.29) is 18.2 Å². The van der Waals surface area contributed by atoms with Crippen molar-refractivity contribution in [3.8, 4) is 0 Å². The molecule has 0 N–H and O–H groups in total. The number of halogens is 3. The van der Waals surface area contributed by atoms with Gasteiger partial charge in [0.05, 0.1) is 24.0 Å². The second-order valence-electron chi connectivity index (χ2n) is 4.51. The highest BCUT2D eigenvalue weighted by molar-refractivity contribution is 5.74. The summed E-state index contributed by atoms with van der Waals surface area (Å²) in [6, 6.07) is 5.03. The van der Waals surface area contributed by atoms with Crippen molar-refractivity contribution >= 4 is 22.7 Å². The molecule has 118 valence electrons. The molecule has 0 atom stereocenters. The molecule has 0 saturated carbocycles. The number of anilines is 2. The van der Waals surface area contributed by atoms with Crippen molar-refractivity contribution in [2.75, 3.05) is 11.7 Å². The Bertz CT molecular complexity index is 836. The Labute approximate surface area is 129 Å². The third kappa shape index (κ3) is 2.93. The molecule has 0 saturated heterocycles. The zero-order valence-corrected chi connectivity index (χ0v) is 12.0. The number of fused-ring (bicyclic) bond motifs is 1. The number of nitrogens with zero attached hydrogens (tertiary/aromatic N) is 4. The van der Waals surface area contributed by atoms with Crippen molar-refractivity contribution < 1.29 is 18.0 Å². The van der Waals surface area contributed by atoms with Crippen LogP contribution in [0.15, 0.2) is 36.7 Å². The summed E-state index contributed by atoms with van der Waals surface area (Å²) < 4.78 is 40.0. The normalized spacial score (nSPS) is 11.0. The zero-order chi connectivity index (χ0) is 16.4.